The zero-order chi connectivity index (χ0) is 44.9. The van der Waals surface area contributed by atoms with Gasteiger partial charge in [-0.25, -0.2) is 0 Å². The van der Waals surface area contributed by atoms with Crippen LogP contribution in [0.15, 0.2) is 35.2 Å². The standard InChI is InChI=1S/C48H96O5SSi4/c1-31(2)55(32(3)4,33(5)6)49-30-44-45(51-56(34(7)8,35(9)10)36(11)12)46(52-57(37(13)14,38(15)16)39(17)18)47(48(50-44)54-43-28-26-25-27-29-43)53-58(40(19)20,41(21)22)42(23)24/h25-29,31-42,44-48H,30H2,1-24H3/t44?,45?,46-,47?,48?/m0/s1. The van der Waals surface area contributed by atoms with Crippen molar-refractivity contribution in [2.75, 3.05) is 6.61 Å². The maximum Gasteiger partial charge on any atom is 0.201 e. The van der Waals surface area contributed by atoms with Crippen LogP contribution in [0.5, 0.6) is 0 Å². The Morgan fingerprint density at radius 1 is 0.414 bits per heavy atom. The highest BCUT2D eigenvalue weighted by Gasteiger charge is 2.61. The number of ether oxygens (including phenoxy) is 1. The van der Waals surface area contributed by atoms with Gasteiger partial charge in [0, 0.05) is 4.90 Å². The Bertz CT molecular complexity index is 1250. The maximum atomic E-state index is 8.33. The first-order valence-corrected chi connectivity index (χ1v) is 33.1. The fraction of sp³-hybridized carbons (Fsp3) is 0.875. The minimum Gasteiger partial charge on any atom is -0.413 e. The first-order valence-electron chi connectivity index (χ1n) is 23.7. The fourth-order valence-electron chi connectivity index (χ4n) is 12.8. The topological polar surface area (TPSA) is 46.2 Å². The van der Waals surface area contributed by atoms with Crippen LogP contribution in [-0.2, 0) is 22.4 Å². The second-order valence-electron chi connectivity index (χ2n) is 21.8. The molecule has 0 spiro atoms. The summed E-state index contributed by atoms with van der Waals surface area (Å²) in [6, 6.07) is 10.9. The number of benzene rings is 1. The van der Waals surface area contributed by atoms with Crippen LogP contribution in [-0.4, -0.2) is 69.7 Å². The van der Waals surface area contributed by atoms with Gasteiger partial charge in [-0.15, -0.1) is 0 Å². The lowest BCUT2D eigenvalue weighted by atomic mass is 10.0. The Balaban J connectivity index is 3.25. The van der Waals surface area contributed by atoms with Gasteiger partial charge in [0.15, 0.2) is 8.32 Å². The van der Waals surface area contributed by atoms with Gasteiger partial charge in [0.2, 0.25) is 25.0 Å². The highest BCUT2D eigenvalue weighted by molar-refractivity contribution is 7.99. The second-order valence-corrected chi connectivity index (χ2v) is 44.7. The van der Waals surface area contributed by atoms with E-state index in [1.807, 2.05) is 11.8 Å². The lowest BCUT2D eigenvalue weighted by Gasteiger charge is -2.57. The minimum absolute atomic E-state index is 0.302. The van der Waals surface area contributed by atoms with E-state index in [1.165, 1.54) is 4.90 Å². The Kier molecular flexibility index (Phi) is 20.8. The molecule has 1 heterocycles. The molecule has 0 bridgehead atoms. The number of hydrogen-bond acceptors (Lipinski definition) is 6. The average Bonchev–Trinajstić information content (AvgIpc) is 3.08. The summed E-state index contributed by atoms with van der Waals surface area (Å²) in [5.41, 5.74) is 4.70. The monoisotopic (exact) mass is 897 g/mol. The van der Waals surface area contributed by atoms with Gasteiger partial charge in [0.25, 0.3) is 0 Å². The molecule has 0 radical (unpaired) electrons. The van der Waals surface area contributed by atoms with Crippen molar-refractivity contribution in [3.8, 4) is 0 Å². The Hall–Kier alpha value is 0.238. The third kappa shape index (κ3) is 10.9. The molecule has 1 aromatic carbocycles. The highest BCUT2D eigenvalue weighted by Crippen LogP contribution is 2.53. The first-order chi connectivity index (χ1) is 26.7. The number of rotatable bonds is 23. The predicted octanol–water partition coefficient (Wildman–Crippen LogP) is 16.4. The number of hydrogen-bond donors (Lipinski definition) is 0. The van der Waals surface area contributed by atoms with Crippen LogP contribution in [0.25, 0.3) is 0 Å². The summed E-state index contributed by atoms with van der Waals surface area (Å²) < 4.78 is 40.1. The zero-order valence-corrected chi connectivity index (χ0v) is 47.2. The number of thioether (sulfide) groups is 1. The van der Waals surface area contributed by atoms with Crippen LogP contribution in [0.3, 0.4) is 0 Å². The van der Waals surface area contributed by atoms with E-state index in [-0.39, 0.29) is 29.9 Å². The normalized spacial score (nSPS) is 22.1. The summed E-state index contributed by atoms with van der Waals surface area (Å²) in [5.74, 6) is 0. The van der Waals surface area contributed by atoms with E-state index < -0.39 is 33.3 Å². The molecule has 2 rings (SSSR count). The smallest absolute Gasteiger partial charge is 0.201 e. The second kappa shape index (κ2) is 22.2. The van der Waals surface area contributed by atoms with Gasteiger partial charge in [0.05, 0.1) is 6.61 Å². The van der Waals surface area contributed by atoms with Gasteiger partial charge in [-0.1, -0.05) is 196 Å². The summed E-state index contributed by atoms with van der Waals surface area (Å²) in [7, 11) is -9.73. The fourth-order valence-corrected chi connectivity index (χ4v) is 36.2. The van der Waals surface area contributed by atoms with E-state index in [4.69, 9.17) is 22.4 Å². The van der Waals surface area contributed by atoms with Gasteiger partial charge < -0.3 is 22.4 Å². The molecule has 1 saturated heterocycles. The lowest BCUT2D eigenvalue weighted by molar-refractivity contribution is -0.193. The summed E-state index contributed by atoms with van der Waals surface area (Å²) in [6.45, 7) is 58.3. The molecule has 340 valence electrons. The third-order valence-corrected chi connectivity index (χ3v) is 40.5. The van der Waals surface area contributed by atoms with Crippen LogP contribution in [0, 0.1) is 0 Å². The molecule has 0 amide bonds. The average molecular weight is 898 g/mol. The molecule has 0 aromatic heterocycles. The van der Waals surface area contributed by atoms with E-state index in [1.54, 1.807) is 0 Å². The SMILES string of the molecule is CC(C)[Si](OCC1OC(Sc2ccccc2)C(O[Si](C(C)C)(C(C)C)C(C)C)[C@@H](O[Si](C(C)C)(C(C)C)C(C)C)C1O[Si](C(C)C)(C(C)C)C(C)C)(C(C)C)C(C)C. The van der Waals surface area contributed by atoms with Crippen LogP contribution in [0.1, 0.15) is 166 Å². The summed E-state index contributed by atoms with van der Waals surface area (Å²) in [6.07, 6.45) is -1.30. The van der Waals surface area contributed by atoms with Crippen molar-refractivity contribution in [1.82, 2.24) is 0 Å². The summed E-state index contributed by atoms with van der Waals surface area (Å²) in [4.78, 5) is 1.19. The maximum absolute atomic E-state index is 8.33. The molecule has 1 aromatic rings. The largest absolute Gasteiger partial charge is 0.413 e. The van der Waals surface area contributed by atoms with Crippen molar-refractivity contribution in [2.24, 2.45) is 0 Å². The highest BCUT2D eigenvalue weighted by atomic mass is 32.2. The van der Waals surface area contributed by atoms with Crippen LogP contribution in [0.4, 0.5) is 0 Å². The van der Waals surface area contributed by atoms with Crippen molar-refractivity contribution in [2.45, 2.75) is 267 Å². The van der Waals surface area contributed by atoms with Crippen molar-refractivity contribution in [3.05, 3.63) is 30.3 Å². The van der Waals surface area contributed by atoms with Gasteiger partial charge in [-0.05, 0) is 78.6 Å². The molecule has 0 saturated carbocycles. The molecule has 58 heavy (non-hydrogen) atoms. The first kappa shape index (κ1) is 54.4. The molecular weight excluding hydrogens is 801 g/mol. The quantitative estimate of drug-likeness (QED) is 0.102. The molecule has 10 heteroatoms. The Labute approximate surface area is 369 Å². The molecule has 0 aliphatic carbocycles. The zero-order valence-electron chi connectivity index (χ0n) is 42.4. The molecule has 1 aliphatic rings. The van der Waals surface area contributed by atoms with E-state index in [0.29, 0.717) is 73.1 Å². The molecule has 0 N–H and O–H groups in total. The van der Waals surface area contributed by atoms with E-state index >= 15 is 0 Å². The molecule has 1 fully saturated rings. The lowest BCUT2D eigenvalue weighted by Crippen LogP contribution is -2.69. The van der Waals surface area contributed by atoms with Crippen molar-refractivity contribution < 1.29 is 22.4 Å². The Morgan fingerprint density at radius 2 is 0.707 bits per heavy atom. The van der Waals surface area contributed by atoms with Crippen LogP contribution >= 0.6 is 11.8 Å². The van der Waals surface area contributed by atoms with E-state index in [9.17, 15) is 0 Å². The molecular formula is C48H96O5SSi4. The van der Waals surface area contributed by atoms with E-state index in [2.05, 4.69) is 197 Å². The summed E-state index contributed by atoms with van der Waals surface area (Å²) in [5, 5.41) is 0. The molecule has 4 unspecified atom stereocenters. The van der Waals surface area contributed by atoms with Gasteiger partial charge in [-0.2, -0.15) is 0 Å². The van der Waals surface area contributed by atoms with Gasteiger partial charge in [-0.3, -0.25) is 0 Å². The molecule has 5 nitrogen and oxygen atoms in total. The van der Waals surface area contributed by atoms with Crippen LogP contribution < -0.4 is 0 Å². The van der Waals surface area contributed by atoms with Gasteiger partial charge in [0.1, 0.15) is 29.9 Å². The molecule has 5 atom stereocenters. The van der Waals surface area contributed by atoms with Crippen molar-refractivity contribution >= 4 is 45.0 Å². The van der Waals surface area contributed by atoms with Gasteiger partial charge >= 0.3 is 0 Å². The van der Waals surface area contributed by atoms with Crippen molar-refractivity contribution in [3.63, 3.8) is 0 Å². The Morgan fingerprint density at radius 3 is 1.02 bits per heavy atom. The minimum atomic E-state index is -2.50. The third-order valence-electron chi connectivity index (χ3n) is 14.9. The predicted molar refractivity (Wildman–Crippen MR) is 266 cm³/mol. The van der Waals surface area contributed by atoms with Crippen molar-refractivity contribution in [1.29, 1.82) is 0 Å². The molecule has 1 aliphatic heterocycles. The van der Waals surface area contributed by atoms with Crippen LogP contribution in [0.2, 0.25) is 66.5 Å². The summed E-state index contributed by atoms with van der Waals surface area (Å²) >= 11 is 1.82. The van der Waals surface area contributed by atoms with E-state index in [0.717, 1.165) is 0 Å².